The van der Waals surface area contributed by atoms with Gasteiger partial charge in [0.1, 0.15) is 5.75 Å². The zero-order valence-electron chi connectivity index (χ0n) is 14.6. The standard InChI is InChI=1S/C17H24F3N3O2S/c1-2-21-16(22-10-14-4-3-9-26-14)23-11-15(24)12-5-7-13(8-6-12)25-17(18,19)20/h5-8,14-15,24H,2-4,9-11H2,1H3,(H2,21,22,23). The van der Waals surface area contributed by atoms with Gasteiger partial charge in [0.05, 0.1) is 12.6 Å². The van der Waals surface area contributed by atoms with Gasteiger partial charge >= 0.3 is 6.36 Å². The molecule has 0 saturated carbocycles. The van der Waals surface area contributed by atoms with Crippen LogP contribution in [0.5, 0.6) is 5.75 Å². The summed E-state index contributed by atoms with van der Waals surface area (Å²) in [4.78, 5) is 4.36. The molecule has 0 radical (unpaired) electrons. The molecule has 0 bridgehead atoms. The van der Waals surface area contributed by atoms with E-state index in [0.29, 0.717) is 23.3 Å². The molecule has 1 aliphatic rings. The average molecular weight is 391 g/mol. The second-order valence-corrected chi connectivity index (χ2v) is 7.28. The molecule has 146 valence electrons. The predicted octanol–water partition coefficient (Wildman–Crippen LogP) is 3.07. The molecule has 1 fully saturated rings. The van der Waals surface area contributed by atoms with Crippen molar-refractivity contribution in [3.8, 4) is 5.75 Å². The van der Waals surface area contributed by atoms with Crippen LogP contribution >= 0.6 is 11.8 Å². The van der Waals surface area contributed by atoms with E-state index in [0.717, 1.165) is 6.54 Å². The first-order valence-electron chi connectivity index (χ1n) is 8.55. The van der Waals surface area contributed by atoms with E-state index in [4.69, 9.17) is 0 Å². The summed E-state index contributed by atoms with van der Waals surface area (Å²) in [7, 11) is 0. The van der Waals surface area contributed by atoms with E-state index in [1.807, 2.05) is 18.7 Å². The summed E-state index contributed by atoms with van der Waals surface area (Å²) in [6.45, 7) is 3.57. The summed E-state index contributed by atoms with van der Waals surface area (Å²) in [5.41, 5.74) is 0.477. The van der Waals surface area contributed by atoms with Crippen LogP contribution in [0.2, 0.25) is 0 Å². The number of rotatable bonds is 7. The first kappa shape index (κ1) is 20.7. The molecule has 1 heterocycles. The van der Waals surface area contributed by atoms with Crippen LogP contribution in [0.25, 0.3) is 0 Å². The number of halogens is 3. The highest BCUT2D eigenvalue weighted by atomic mass is 32.2. The van der Waals surface area contributed by atoms with E-state index >= 15 is 0 Å². The van der Waals surface area contributed by atoms with Gasteiger partial charge in [0.15, 0.2) is 5.96 Å². The van der Waals surface area contributed by atoms with Crippen molar-refractivity contribution in [3.63, 3.8) is 0 Å². The highest BCUT2D eigenvalue weighted by Gasteiger charge is 2.31. The summed E-state index contributed by atoms with van der Waals surface area (Å²) in [5, 5.41) is 17.2. The molecule has 9 heteroatoms. The number of aliphatic imine (C=N–C) groups is 1. The van der Waals surface area contributed by atoms with E-state index in [-0.39, 0.29) is 12.3 Å². The Kier molecular flexibility index (Phi) is 7.89. The van der Waals surface area contributed by atoms with Gasteiger partial charge in [0, 0.05) is 18.3 Å². The summed E-state index contributed by atoms with van der Waals surface area (Å²) in [6.07, 6.45) is -3.22. The maximum atomic E-state index is 12.2. The highest BCUT2D eigenvalue weighted by molar-refractivity contribution is 8.00. The lowest BCUT2D eigenvalue weighted by molar-refractivity contribution is -0.274. The number of guanidine groups is 1. The second kappa shape index (κ2) is 9.91. The van der Waals surface area contributed by atoms with Crippen molar-refractivity contribution in [2.75, 3.05) is 25.4 Å². The van der Waals surface area contributed by atoms with Gasteiger partial charge in [-0.15, -0.1) is 13.2 Å². The predicted molar refractivity (Wildman–Crippen MR) is 97.5 cm³/mol. The zero-order valence-corrected chi connectivity index (χ0v) is 15.4. The number of aliphatic hydroxyl groups excluding tert-OH is 1. The number of thioether (sulfide) groups is 1. The minimum absolute atomic E-state index is 0.104. The number of alkyl halides is 3. The Labute approximate surface area is 155 Å². The van der Waals surface area contributed by atoms with Crippen LogP contribution in [0.3, 0.4) is 0 Å². The lowest BCUT2D eigenvalue weighted by atomic mass is 10.1. The molecule has 2 unspecified atom stereocenters. The Balaban J connectivity index is 1.88. The molecule has 0 aliphatic carbocycles. The molecule has 1 aliphatic heterocycles. The Hall–Kier alpha value is -1.61. The lowest BCUT2D eigenvalue weighted by Gasteiger charge is -2.16. The first-order valence-corrected chi connectivity index (χ1v) is 9.60. The molecular weight excluding hydrogens is 367 g/mol. The average Bonchev–Trinajstić information content (AvgIpc) is 3.10. The zero-order chi connectivity index (χ0) is 19.0. The van der Waals surface area contributed by atoms with E-state index in [2.05, 4.69) is 20.4 Å². The van der Waals surface area contributed by atoms with Gasteiger partial charge in [-0.3, -0.25) is 4.99 Å². The molecule has 2 atom stereocenters. The van der Waals surface area contributed by atoms with Crippen molar-refractivity contribution in [1.82, 2.24) is 10.6 Å². The fraction of sp³-hybridized carbons (Fsp3) is 0.588. The van der Waals surface area contributed by atoms with Crippen LogP contribution < -0.4 is 15.4 Å². The summed E-state index contributed by atoms with van der Waals surface area (Å²) >= 11 is 1.94. The third-order valence-electron chi connectivity index (χ3n) is 3.79. The number of benzene rings is 1. The number of aliphatic hydroxyl groups is 1. The quantitative estimate of drug-likeness (QED) is 0.492. The van der Waals surface area contributed by atoms with Gasteiger partial charge in [0.2, 0.25) is 0 Å². The monoisotopic (exact) mass is 391 g/mol. The maximum absolute atomic E-state index is 12.2. The number of nitrogens with zero attached hydrogens (tertiary/aromatic N) is 1. The molecule has 1 aromatic rings. The van der Waals surface area contributed by atoms with Crippen molar-refractivity contribution in [2.24, 2.45) is 4.99 Å². The first-order chi connectivity index (χ1) is 12.4. The molecule has 2 rings (SSSR count). The Morgan fingerprint density at radius 1 is 1.35 bits per heavy atom. The topological polar surface area (TPSA) is 65.9 Å². The van der Waals surface area contributed by atoms with Crippen LogP contribution in [0, 0.1) is 0 Å². The number of hydrogen-bond acceptors (Lipinski definition) is 4. The molecule has 0 aromatic heterocycles. The van der Waals surface area contributed by atoms with Gasteiger partial charge in [-0.25, -0.2) is 0 Å². The number of hydrogen-bond donors (Lipinski definition) is 3. The van der Waals surface area contributed by atoms with E-state index in [1.54, 1.807) is 0 Å². The SMILES string of the molecule is CCNC(=NCC(O)c1ccc(OC(F)(F)F)cc1)NCC1CCCS1. The highest BCUT2D eigenvalue weighted by Crippen LogP contribution is 2.25. The van der Waals surface area contributed by atoms with Crippen molar-refractivity contribution >= 4 is 17.7 Å². The van der Waals surface area contributed by atoms with Crippen LogP contribution in [-0.2, 0) is 0 Å². The molecule has 0 amide bonds. The van der Waals surface area contributed by atoms with Crippen molar-refractivity contribution in [3.05, 3.63) is 29.8 Å². The molecule has 3 N–H and O–H groups in total. The Bertz CT molecular complexity index is 576. The van der Waals surface area contributed by atoms with E-state index in [1.165, 1.54) is 42.9 Å². The summed E-state index contributed by atoms with van der Waals surface area (Å²) in [5.74, 6) is 1.49. The maximum Gasteiger partial charge on any atom is 0.573 e. The van der Waals surface area contributed by atoms with Crippen LogP contribution in [0.4, 0.5) is 13.2 Å². The fourth-order valence-corrected chi connectivity index (χ4v) is 3.73. The Morgan fingerprint density at radius 3 is 2.65 bits per heavy atom. The normalized spacial score (nSPS) is 19.3. The molecule has 1 aromatic carbocycles. The van der Waals surface area contributed by atoms with Crippen LogP contribution in [0.1, 0.15) is 31.4 Å². The summed E-state index contributed by atoms with van der Waals surface area (Å²) < 4.78 is 40.3. The van der Waals surface area contributed by atoms with Crippen molar-refractivity contribution in [1.29, 1.82) is 0 Å². The Morgan fingerprint density at radius 2 is 2.08 bits per heavy atom. The third kappa shape index (κ3) is 7.33. The van der Waals surface area contributed by atoms with Gasteiger partial charge in [-0.2, -0.15) is 11.8 Å². The largest absolute Gasteiger partial charge is 0.573 e. The van der Waals surface area contributed by atoms with Gasteiger partial charge in [0.25, 0.3) is 0 Å². The van der Waals surface area contributed by atoms with Gasteiger partial charge < -0.3 is 20.5 Å². The van der Waals surface area contributed by atoms with Crippen LogP contribution in [0.15, 0.2) is 29.3 Å². The van der Waals surface area contributed by atoms with Crippen molar-refractivity contribution in [2.45, 2.75) is 37.5 Å². The molecule has 5 nitrogen and oxygen atoms in total. The van der Waals surface area contributed by atoms with Gasteiger partial charge in [-0.05, 0) is 43.2 Å². The molecule has 0 spiro atoms. The molecule has 26 heavy (non-hydrogen) atoms. The smallest absolute Gasteiger partial charge is 0.406 e. The van der Waals surface area contributed by atoms with E-state index in [9.17, 15) is 18.3 Å². The van der Waals surface area contributed by atoms with Crippen molar-refractivity contribution < 1.29 is 23.0 Å². The second-order valence-electron chi connectivity index (χ2n) is 5.87. The van der Waals surface area contributed by atoms with Crippen LogP contribution in [-0.4, -0.2) is 48.1 Å². The third-order valence-corrected chi connectivity index (χ3v) is 5.18. The lowest BCUT2D eigenvalue weighted by Crippen LogP contribution is -2.40. The minimum Gasteiger partial charge on any atom is -0.406 e. The molecular formula is C17H24F3N3O2S. The van der Waals surface area contributed by atoms with E-state index < -0.39 is 12.5 Å². The number of ether oxygens (including phenoxy) is 1. The fourth-order valence-electron chi connectivity index (χ4n) is 2.53. The summed E-state index contributed by atoms with van der Waals surface area (Å²) in [6, 6.07) is 5.15. The minimum atomic E-state index is -4.73. The number of nitrogens with one attached hydrogen (secondary N) is 2. The molecule has 1 saturated heterocycles. The van der Waals surface area contributed by atoms with Gasteiger partial charge in [-0.1, -0.05) is 12.1 Å².